The third-order valence-corrected chi connectivity index (χ3v) is 3.55. The third kappa shape index (κ3) is 2.66. The number of rotatable bonds is 4. The number of benzene rings is 1. The summed E-state index contributed by atoms with van der Waals surface area (Å²) in [4.78, 5) is 0. The summed E-state index contributed by atoms with van der Waals surface area (Å²) in [6.07, 6.45) is 0. The standard InChI is InChI=1S/C13H13ClFNOS/c1-2-17-13-10(14)5-9(6-11(13)15)12(16)8-3-4-18-7-8/h3-7,12H,2,16H2,1H3/t12-/m1/s1. The minimum absolute atomic E-state index is 0.0837. The van der Waals surface area contributed by atoms with Crippen molar-refractivity contribution >= 4 is 22.9 Å². The average Bonchev–Trinajstić information content (AvgIpc) is 2.86. The number of hydrogen-bond donors (Lipinski definition) is 1. The van der Waals surface area contributed by atoms with Crippen molar-refractivity contribution in [3.63, 3.8) is 0 Å². The highest BCUT2D eigenvalue weighted by molar-refractivity contribution is 7.08. The summed E-state index contributed by atoms with van der Waals surface area (Å²) in [7, 11) is 0. The smallest absolute Gasteiger partial charge is 0.173 e. The molecule has 0 aliphatic rings. The number of nitrogens with two attached hydrogens (primary N) is 1. The Morgan fingerprint density at radius 3 is 2.78 bits per heavy atom. The lowest BCUT2D eigenvalue weighted by Gasteiger charge is -2.14. The second-order valence-corrected chi connectivity index (χ2v) is 4.97. The molecule has 2 aromatic rings. The lowest BCUT2D eigenvalue weighted by molar-refractivity contribution is 0.321. The minimum atomic E-state index is -0.481. The van der Waals surface area contributed by atoms with Gasteiger partial charge >= 0.3 is 0 Å². The zero-order chi connectivity index (χ0) is 13.1. The van der Waals surface area contributed by atoms with Crippen molar-refractivity contribution in [2.24, 2.45) is 5.73 Å². The Morgan fingerprint density at radius 2 is 2.22 bits per heavy atom. The highest BCUT2D eigenvalue weighted by Crippen LogP contribution is 2.32. The van der Waals surface area contributed by atoms with Crippen LogP contribution in [0.25, 0.3) is 0 Å². The van der Waals surface area contributed by atoms with Gasteiger partial charge in [0.15, 0.2) is 11.6 Å². The maximum absolute atomic E-state index is 13.8. The van der Waals surface area contributed by atoms with E-state index in [1.165, 1.54) is 6.07 Å². The van der Waals surface area contributed by atoms with Crippen molar-refractivity contribution in [1.29, 1.82) is 0 Å². The molecule has 0 bridgehead atoms. The number of ether oxygens (including phenoxy) is 1. The average molecular weight is 286 g/mol. The van der Waals surface area contributed by atoms with Gasteiger partial charge in [-0.05, 0) is 47.0 Å². The lowest BCUT2D eigenvalue weighted by atomic mass is 10.0. The van der Waals surface area contributed by atoms with Crippen LogP contribution in [-0.4, -0.2) is 6.61 Å². The van der Waals surface area contributed by atoms with Gasteiger partial charge in [0.05, 0.1) is 17.7 Å². The zero-order valence-corrected chi connectivity index (χ0v) is 11.4. The second-order valence-electron chi connectivity index (χ2n) is 3.78. The summed E-state index contributed by atoms with van der Waals surface area (Å²) in [6.45, 7) is 2.15. The summed E-state index contributed by atoms with van der Waals surface area (Å²) < 4.78 is 19.0. The normalized spacial score (nSPS) is 12.4. The first-order chi connectivity index (χ1) is 8.63. The first kappa shape index (κ1) is 13.3. The molecule has 0 aliphatic heterocycles. The fraction of sp³-hybridized carbons (Fsp3) is 0.231. The van der Waals surface area contributed by atoms with Crippen molar-refractivity contribution in [3.8, 4) is 5.75 Å². The molecule has 0 fully saturated rings. The number of thiophene rings is 1. The monoisotopic (exact) mass is 285 g/mol. The highest BCUT2D eigenvalue weighted by atomic mass is 35.5. The molecule has 1 atom stereocenters. The number of halogens is 2. The van der Waals surface area contributed by atoms with Gasteiger partial charge < -0.3 is 10.5 Å². The summed E-state index contributed by atoms with van der Waals surface area (Å²) in [5, 5.41) is 4.12. The molecule has 0 unspecified atom stereocenters. The minimum Gasteiger partial charge on any atom is -0.489 e. The Balaban J connectivity index is 2.36. The molecular weight excluding hydrogens is 273 g/mol. The van der Waals surface area contributed by atoms with E-state index >= 15 is 0 Å². The molecule has 18 heavy (non-hydrogen) atoms. The van der Waals surface area contributed by atoms with E-state index in [9.17, 15) is 4.39 Å². The Kier molecular flexibility index (Phi) is 4.22. The van der Waals surface area contributed by atoms with Crippen LogP contribution in [0.2, 0.25) is 5.02 Å². The van der Waals surface area contributed by atoms with Gasteiger partial charge in [-0.15, -0.1) is 0 Å². The molecule has 2 N–H and O–H groups in total. The highest BCUT2D eigenvalue weighted by Gasteiger charge is 2.16. The molecule has 1 aromatic heterocycles. The van der Waals surface area contributed by atoms with Crippen molar-refractivity contribution < 1.29 is 9.13 Å². The zero-order valence-electron chi connectivity index (χ0n) is 9.82. The number of hydrogen-bond acceptors (Lipinski definition) is 3. The van der Waals surface area contributed by atoms with E-state index < -0.39 is 5.82 Å². The molecule has 1 heterocycles. The van der Waals surface area contributed by atoms with E-state index in [0.717, 1.165) is 5.56 Å². The fourth-order valence-electron chi connectivity index (χ4n) is 1.69. The first-order valence-corrected chi connectivity index (χ1v) is 6.85. The first-order valence-electron chi connectivity index (χ1n) is 5.53. The van der Waals surface area contributed by atoms with Crippen LogP contribution >= 0.6 is 22.9 Å². The van der Waals surface area contributed by atoms with E-state index in [0.29, 0.717) is 12.2 Å². The van der Waals surface area contributed by atoms with E-state index in [1.807, 2.05) is 16.8 Å². The molecule has 2 nitrogen and oxygen atoms in total. The van der Waals surface area contributed by atoms with Crippen molar-refractivity contribution in [1.82, 2.24) is 0 Å². The molecule has 0 radical (unpaired) electrons. The largest absolute Gasteiger partial charge is 0.489 e. The quantitative estimate of drug-likeness (QED) is 0.922. The Labute approximate surface area is 114 Å². The topological polar surface area (TPSA) is 35.2 Å². The van der Waals surface area contributed by atoms with Crippen LogP contribution in [-0.2, 0) is 0 Å². The molecular formula is C13H13ClFNOS. The molecule has 0 saturated carbocycles. The molecule has 1 aromatic carbocycles. The van der Waals surface area contributed by atoms with Gasteiger partial charge in [-0.25, -0.2) is 4.39 Å². The summed E-state index contributed by atoms with van der Waals surface area (Å²) in [6, 6.07) is 4.56. The predicted molar refractivity (Wildman–Crippen MR) is 72.9 cm³/mol. The Bertz CT molecular complexity index is 507. The van der Waals surface area contributed by atoms with Crippen LogP contribution in [0.4, 0.5) is 4.39 Å². The van der Waals surface area contributed by atoms with Gasteiger partial charge in [0.25, 0.3) is 0 Å². The molecule has 0 aliphatic carbocycles. The SMILES string of the molecule is CCOc1c(F)cc([C@H](N)c2ccsc2)cc1Cl. The third-order valence-electron chi connectivity index (χ3n) is 2.57. The van der Waals surface area contributed by atoms with Crippen LogP contribution < -0.4 is 10.5 Å². The van der Waals surface area contributed by atoms with Crippen molar-refractivity contribution in [2.75, 3.05) is 6.61 Å². The molecule has 2 rings (SSSR count). The maximum atomic E-state index is 13.8. The van der Waals surface area contributed by atoms with Gasteiger partial charge in [0, 0.05) is 0 Å². The summed E-state index contributed by atoms with van der Waals surface area (Å²) >= 11 is 7.55. The van der Waals surface area contributed by atoms with Crippen LogP contribution in [0.15, 0.2) is 29.0 Å². The Morgan fingerprint density at radius 1 is 1.44 bits per heavy atom. The summed E-state index contributed by atoms with van der Waals surface area (Å²) in [5.74, 6) is -0.398. The van der Waals surface area contributed by atoms with Crippen LogP contribution in [0.1, 0.15) is 24.1 Å². The molecule has 0 spiro atoms. The fourth-order valence-corrected chi connectivity index (χ4v) is 2.65. The molecule has 96 valence electrons. The van der Waals surface area contributed by atoms with E-state index in [4.69, 9.17) is 22.1 Å². The lowest BCUT2D eigenvalue weighted by Crippen LogP contribution is -2.11. The van der Waals surface area contributed by atoms with Gasteiger partial charge in [-0.1, -0.05) is 11.6 Å². The van der Waals surface area contributed by atoms with E-state index in [1.54, 1.807) is 24.3 Å². The van der Waals surface area contributed by atoms with Gasteiger partial charge in [0.1, 0.15) is 0 Å². The second kappa shape index (κ2) is 5.69. The molecule has 0 saturated heterocycles. The Hall–Kier alpha value is -1.10. The van der Waals surface area contributed by atoms with Crippen molar-refractivity contribution in [3.05, 3.63) is 50.9 Å². The molecule has 5 heteroatoms. The van der Waals surface area contributed by atoms with Crippen LogP contribution in [0.3, 0.4) is 0 Å². The van der Waals surface area contributed by atoms with Crippen LogP contribution in [0, 0.1) is 5.82 Å². The van der Waals surface area contributed by atoms with Crippen molar-refractivity contribution in [2.45, 2.75) is 13.0 Å². The predicted octanol–water partition coefficient (Wildman–Crippen LogP) is 3.99. The van der Waals surface area contributed by atoms with E-state index in [2.05, 4.69) is 0 Å². The van der Waals surface area contributed by atoms with Gasteiger partial charge in [-0.3, -0.25) is 0 Å². The summed E-state index contributed by atoms with van der Waals surface area (Å²) in [5.41, 5.74) is 7.65. The van der Waals surface area contributed by atoms with Gasteiger partial charge in [-0.2, -0.15) is 11.3 Å². The van der Waals surface area contributed by atoms with E-state index in [-0.39, 0.29) is 16.8 Å². The molecule has 0 amide bonds. The van der Waals surface area contributed by atoms with Gasteiger partial charge in [0.2, 0.25) is 0 Å². The maximum Gasteiger partial charge on any atom is 0.173 e. The van der Waals surface area contributed by atoms with Crippen LogP contribution in [0.5, 0.6) is 5.75 Å².